The molecule has 0 aromatic heterocycles. The molecule has 0 N–H and O–H groups in total. The molecule has 0 saturated carbocycles. The molecule has 71 heavy (non-hydrogen) atoms. The first-order valence-electron chi connectivity index (χ1n) is 27.3. The van der Waals surface area contributed by atoms with Crippen molar-refractivity contribution < 1.29 is 9.47 Å². The second kappa shape index (κ2) is 20.6. The average Bonchev–Trinajstić information content (AvgIpc) is 3.79. The molecule has 376 valence electrons. The van der Waals surface area contributed by atoms with Gasteiger partial charge in [0.2, 0.25) is 0 Å². The number of hydrogen-bond acceptors (Lipinski definition) is 4. The van der Waals surface area contributed by atoms with Crippen molar-refractivity contribution in [3.05, 3.63) is 146 Å². The minimum Gasteiger partial charge on any atom is -0.487 e. The summed E-state index contributed by atoms with van der Waals surface area (Å²) in [6.45, 7) is 22.9. The molecule has 0 spiro atoms. The van der Waals surface area contributed by atoms with Crippen LogP contribution < -0.4 is 19.3 Å². The fraction of sp³-hybridized carbons (Fsp3) is 0.477. The van der Waals surface area contributed by atoms with Crippen molar-refractivity contribution in [1.82, 2.24) is 0 Å². The summed E-state index contributed by atoms with van der Waals surface area (Å²) in [5.74, 6) is 1.98. The van der Waals surface area contributed by atoms with Crippen molar-refractivity contribution >= 4 is 60.3 Å². The predicted molar refractivity (Wildman–Crippen MR) is 309 cm³/mol. The van der Waals surface area contributed by atoms with Gasteiger partial charge in [0.15, 0.2) is 0 Å². The number of nitrogens with zero attached hydrogens (tertiary/aromatic N) is 2. The van der Waals surface area contributed by atoms with Gasteiger partial charge in [-0.2, -0.15) is 0 Å². The Labute approximate surface area is 445 Å². The molecule has 9 rings (SSSR count). The maximum Gasteiger partial charge on any atom is 0.124 e. The van der Waals surface area contributed by atoms with Crippen molar-refractivity contribution in [2.45, 2.75) is 199 Å². The Hall–Kier alpha value is -4.26. The van der Waals surface area contributed by atoms with Gasteiger partial charge in [0.05, 0.1) is 0 Å². The van der Waals surface area contributed by atoms with Crippen LogP contribution >= 0.6 is 31.9 Å². The fourth-order valence-electron chi connectivity index (χ4n) is 12.1. The van der Waals surface area contributed by atoms with E-state index in [1.165, 1.54) is 138 Å². The van der Waals surface area contributed by atoms with Gasteiger partial charge in [-0.3, -0.25) is 0 Å². The van der Waals surface area contributed by atoms with E-state index < -0.39 is 0 Å². The quantitative estimate of drug-likeness (QED) is 0.0725. The maximum atomic E-state index is 6.63. The lowest BCUT2D eigenvalue weighted by Crippen LogP contribution is -2.42. The Morgan fingerprint density at radius 3 is 1.30 bits per heavy atom. The van der Waals surface area contributed by atoms with Gasteiger partial charge in [-0.1, -0.05) is 169 Å². The third-order valence-corrected chi connectivity index (χ3v) is 18.9. The first-order chi connectivity index (χ1) is 33.9. The highest BCUT2D eigenvalue weighted by molar-refractivity contribution is 9.11. The molecule has 0 radical (unpaired) electrons. The molecule has 0 unspecified atom stereocenters. The largest absolute Gasteiger partial charge is 0.487 e. The minimum atomic E-state index is -0.319. The Morgan fingerprint density at radius 1 is 0.437 bits per heavy atom. The molecule has 2 heterocycles. The van der Waals surface area contributed by atoms with Crippen LogP contribution in [0.1, 0.15) is 194 Å². The van der Waals surface area contributed by atoms with Crippen LogP contribution in [0.4, 0.5) is 28.4 Å². The van der Waals surface area contributed by atoms with Gasteiger partial charge in [0.25, 0.3) is 0 Å². The van der Waals surface area contributed by atoms with Crippen LogP contribution in [0.25, 0.3) is 11.1 Å². The smallest absolute Gasteiger partial charge is 0.124 e. The van der Waals surface area contributed by atoms with E-state index in [9.17, 15) is 0 Å². The highest BCUT2D eigenvalue weighted by Gasteiger charge is 2.50. The first-order valence-corrected chi connectivity index (χ1v) is 28.9. The Kier molecular flexibility index (Phi) is 15.0. The molecule has 6 heteroatoms. The molecule has 4 nitrogen and oxygen atoms in total. The molecule has 0 amide bonds. The number of halogens is 2. The van der Waals surface area contributed by atoms with Crippen molar-refractivity contribution in [2.24, 2.45) is 0 Å². The van der Waals surface area contributed by atoms with Gasteiger partial charge in [0.1, 0.15) is 22.7 Å². The van der Waals surface area contributed by atoms with Gasteiger partial charge in [0, 0.05) is 66.0 Å². The summed E-state index contributed by atoms with van der Waals surface area (Å²) in [6.07, 6.45) is 24.2. The van der Waals surface area contributed by atoms with E-state index in [0.29, 0.717) is 0 Å². The average molecular weight is 1080 g/mol. The fourth-order valence-corrected chi connectivity index (χ4v) is 12.6. The van der Waals surface area contributed by atoms with Crippen LogP contribution in [0.3, 0.4) is 0 Å². The summed E-state index contributed by atoms with van der Waals surface area (Å²) in [5.41, 5.74) is 14.5. The summed E-state index contributed by atoms with van der Waals surface area (Å²) < 4.78 is 15.6. The lowest BCUT2D eigenvalue weighted by molar-refractivity contribution is 0.0711. The normalized spacial score (nSPS) is 18.1. The number of benzene rings is 5. The van der Waals surface area contributed by atoms with Crippen LogP contribution in [0.15, 0.2) is 124 Å². The Morgan fingerprint density at radius 2 is 0.845 bits per heavy atom. The third-order valence-electron chi connectivity index (χ3n) is 17.7. The van der Waals surface area contributed by atoms with Crippen molar-refractivity contribution in [3.8, 4) is 22.6 Å². The van der Waals surface area contributed by atoms with E-state index in [2.05, 4.69) is 220 Å². The van der Waals surface area contributed by atoms with Crippen LogP contribution in [-0.2, 0) is 16.2 Å². The molecule has 2 aliphatic carbocycles. The lowest BCUT2D eigenvalue weighted by Gasteiger charge is -2.36. The van der Waals surface area contributed by atoms with E-state index in [1.807, 2.05) is 0 Å². The number of unbranched alkanes of at least 4 members (excludes halogenated alkanes) is 10. The van der Waals surface area contributed by atoms with Gasteiger partial charge >= 0.3 is 0 Å². The number of fused-ring (bicyclic) bond motifs is 5. The summed E-state index contributed by atoms with van der Waals surface area (Å²) in [7, 11) is 0. The maximum absolute atomic E-state index is 6.63. The lowest BCUT2D eigenvalue weighted by atomic mass is 9.70. The van der Waals surface area contributed by atoms with E-state index in [-0.39, 0.29) is 27.4 Å². The van der Waals surface area contributed by atoms with E-state index in [4.69, 9.17) is 9.47 Å². The monoisotopic (exact) mass is 1080 g/mol. The molecule has 2 aliphatic heterocycles. The number of rotatable bonds is 20. The highest BCUT2D eigenvalue weighted by Crippen LogP contribution is 2.58. The van der Waals surface area contributed by atoms with Gasteiger partial charge < -0.3 is 19.3 Å². The Bertz CT molecular complexity index is 2780. The second-order valence-electron chi connectivity index (χ2n) is 23.3. The third kappa shape index (κ3) is 9.72. The Balaban J connectivity index is 1.22. The molecule has 0 atom stereocenters. The molecule has 0 fully saturated rings. The molecule has 5 aromatic carbocycles. The molecule has 0 bridgehead atoms. The SMILES string of the molecule is CCCCCCCCC1(CCCCCCCC)c2cc(N(C3=CC=C(Br)CC3)c3ccc4c(c3)C(C)(C)C(C)(C)O4)ccc2-c2ccc(N(c3ccc(Br)cc3)c3ccc4c(c3)C(C)(C)C(C)(C)O4)cc21. The molecule has 0 saturated heterocycles. The predicted octanol–water partition coefficient (Wildman–Crippen LogP) is 20.7. The second-order valence-corrected chi connectivity index (χ2v) is 25.3. The van der Waals surface area contributed by atoms with Crippen molar-refractivity contribution in [2.75, 3.05) is 9.80 Å². The van der Waals surface area contributed by atoms with E-state index in [1.54, 1.807) is 0 Å². The van der Waals surface area contributed by atoms with E-state index in [0.717, 1.165) is 53.0 Å². The summed E-state index contributed by atoms with van der Waals surface area (Å²) >= 11 is 7.61. The zero-order chi connectivity index (χ0) is 50.3. The summed E-state index contributed by atoms with van der Waals surface area (Å²) in [4.78, 5) is 5.06. The highest BCUT2D eigenvalue weighted by atomic mass is 79.9. The summed E-state index contributed by atoms with van der Waals surface area (Å²) in [6, 6.07) is 37.7. The molecule has 5 aromatic rings. The van der Waals surface area contributed by atoms with Crippen LogP contribution in [0.2, 0.25) is 0 Å². The van der Waals surface area contributed by atoms with Crippen molar-refractivity contribution in [1.29, 1.82) is 0 Å². The van der Waals surface area contributed by atoms with Gasteiger partial charge in [-0.05, 0) is 171 Å². The molecular weight excluding hydrogens is 1000 g/mol. The topological polar surface area (TPSA) is 24.9 Å². The minimum absolute atomic E-state index is 0.150. The summed E-state index contributed by atoms with van der Waals surface area (Å²) in [5, 5.41) is 0. The number of anilines is 5. The van der Waals surface area contributed by atoms with Gasteiger partial charge in [-0.15, -0.1) is 0 Å². The zero-order valence-electron chi connectivity index (χ0n) is 44.7. The zero-order valence-corrected chi connectivity index (χ0v) is 47.8. The molecule has 4 aliphatic rings. The number of allylic oxidation sites excluding steroid dienone is 4. The standard InChI is InChI=1S/C65H80Br2N2O2/c1-11-13-15-17-19-21-39-65(40-22-20-18-16-14-12-2)55-41-49(68(47-27-23-45(66)24-28-47)51-33-37-59-57(43-51)61(3,4)63(7,8)70-59)31-35-53(55)54-36-32-50(42-56(54)65)69(48-29-25-46(67)26-30-48)52-34-38-60-58(44-52)62(5,6)64(9,10)71-60/h23-25,27-29,31-38,41-44H,11-22,26,30,39-40H2,1-10H3. The van der Waals surface area contributed by atoms with Crippen LogP contribution in [-0.4, -0.2) is 11.2 Å². The number of ether oxygens (including phenoxy) is 2. The van der Waals surface area contributed by atoms with E-state index >= 15 is 0 Å². The molecular formula is C65H80Br2N2O2. The first kappa shape index (κ1) is 51.6. The van der Waals surface area contributed by atoms with Crippen LogP contribution in [0.5, 0.6) is 11.5 Å². The van der Waals surface area contributed by atoms with Crippen molar-refractivity contribution in [3.63, 3.8) is 0 Å². The van der Waals surface area contributed by atoms with Crippen LogP contribution in [0, 0.1) is 0 Å². The number of hydrogen-bond donors (Lipinski definition) is 0. The van der Waals surface area contributed by atoms with Gasteiger partial charge in [-0.25, -0.2) is 0 Å².